The van der Waals surface area contributed by atoms with E-state index in [-0.39, 0.29) is 18.5 Å². The summed E-state index contributed by atoms with van der Waals surface area (Å²) in [5, 5.41) is 23.4. The Morgan fingerprint density at radius 3 is 0.959 bits per heavy atom. The highest BCUT2D eigenvalue weighted by Crippen LogP contribution is 2.19. The van der Waals surface area contributed by atoms with Crippen LogP contribution < -0.4 is 5.32 Å². The SMILES string of the molecule is CCCCCCCC/C=C\CCCCCCCC(=O)OCCCCCCCCCCCCCCCCCCCCCCCCCCCC(=O)NC(CO)C(O)CCCCCCCCCCCCCCCCCCC. The van der Waals surface area contributed by atoms with Gasteiger partial charge in [0.05, 0.1) is 25.4 Å². The first-order chi connectivity index (χ1) is 36.5. The monoisotopic (exact) mass is 1040 g/mol. The zero-order chi connectivity index (χ0) is 53.6. The highest BCUT2D eigenvalue weighted by molar-refractivity contribution is 5.76. The number of esters is 1. The fourth-order valence-electron chi connectivity index (χ4n) is 10.9. The van der Waals surface area contributed by atoms with E-state index in [2.05, 4.69) is 31.3 Å². The summed E-state index contributed by atoms with van der Waals surface area (Å²) in [5.74, 6) is -0.0201. The molecule has 0 aliphatic carbocycles. The maximum absolute atomic E-state index is 12.5. The summed E-state index contributed by atoms with van der Waals surface area (Å²) >= 11 is 0. The highest BCUT2D eigenvalue weighted by atomic mass is 16.5. The molecule has 0 saturated heterocycles. The molecule has 0 saturated carbocycles. The lowest BCUT2D eigenvalue weighted by Crippen LogP contribution is -2.45. The van der Waals surface area contributed by atoms with E-state index in [0.717, 1.165) is 44.9 Å². The smallest absolute Gasteiger partial charge is 0.305 e. The van der Waals surface area contributed by atoms with Gasteiger partial charge < -0.3 is 20.3 Å². The minimum absolute atomic E-state index is 0.00943. The molecule has 74 heavy (non-hydrogen) atoms. The number of hydrogen-bond acceptors (Lipinski definition) is 5. The molecule has 2 atom stereocenters. The first-order valence-corrected chi connectivity index (χ1v) is 33.9. The third-order valence-corrected chi connectivity index (χ3v) is 16.1. The van der Waals surface area contributed by atoms with Crippen LogP contribution in [0.3, 0.4) is 0 Å². The van der Waals surface area contributed by atoms with Gasteiger partial charge in [-0.1, -0.05) is 334 Å². The van der Waals surface area contributed by atoms with Crippen LogP contribution in [0.2, 0.25) is 0 Å². The summed E-state index contributed by atoms with van der Waals surface area (Å²) in [6, 6.07) is -0.540. The number of unbranched alkanes of at least 4 members (excludes halogenated alkanes) is 51. The number of amides is 1. The zero-order valence-corrected chi connectivity index (χ0v) is 50.4. The largest absolute Gasteiger partial charge is 0.466 e. The van der Waals surface area contributed by atoms with Crippen molar-refractivity contribution in [2.45, 2.75) is 398 Å². The summed E-state index contributed by atoms with van der Waals surface area (Å²) in [6.45, 7) is 4.98. The molecule has 0 aromatic heterocycles. The number of hydrogen-bond donors (Lipinski definition) is 3. The second-order valence-corrected chi connectivity index (χ2v) is 23.5. The van der Waals surface area contributed by atoms with Crippen LogP contribution in [0.25, 0.3) is 0 Å². The number of aliphatic hydroxyl groups excluding tert-OH is 2. The van der Waals surface area contributed by atoms with E-state index in [1.807, 2.05) is 0 Å². The van der Waals surface area contributed by atoms with Crippen LogP contribution in [-0.2, 0) is 14.3 Å². The van der Waals surface area contributed by atoms with Gasteiger partial charge >= 0.3 is 5.97 Å². The van der Waals surface area contributed by atoms with Crippen molar-refractivity contribution in [3.8, 4) is 0 Å². The fourth-order valence-corrected chi connectivity index (χ4v) is 10.9. The Morgan fingerprint density at radius 1 is 0.365 bits per heavy atom. The number of rotatable bonds is 64. The summed E-state index contributed by atoms with van der Waals surface area (Å²) in [7, 11) is 0. The standard InChI is InChI=1S/C68H133NO5/c1-3-5-7-9-11-13-15-17-19-29-33-36-40-44-48-52-56-60-66(71)65(64-70)69-67(72)61-57-53-49-45-41-37-34-30-27-25-23-21-20-22-24-26-28-31-35-39-43-47-51-55-59-63-74-68(73)62-58-54-50-46-42-38-32-18-16-14-12-10-8-6-4-2/h18,32,65-66,70-71H,3-17,19-31,33-64H2,1-2H3,(H,69,72)/b32-18-. The van der Waals surface area contributed by atoms with Gasteiger partial charge in [0.2, 0.25) is 5.91 Å². The van der Waals surface area contributed by atoms with Crippen LogP contribution in [-0.4, -0.2) is 47.4 Å². The summed E-state index contributed by atoms with van der Waals surface area (Å²) in [5.41, 5.74) is 0. The van der Waals surface area contributed by atoms with E-state index in [0.29, 0.717) is 25.9 Å². The van der Waals surface area contributed by atoms with E-state index < -0.39 is 12.1 Å². The topological polar surface area (TPSA) is 95.9 Å². The van der Waals surface area contributed by atoms with Crippen molar-refractivity contribution in [1.29, 1.82) is 0 Å². The Balaban J connectivity index is 3.35. The molecule has 2 unspecified atom stereocenters. The van der Waals surface area contributed by atoms with Gasteiger partial charge in [-0.15, -0.1) is 0 Å². The van der Waals surface area contributed by atoms with E-state index in [9.17, 15) is 19.8 Å². The molecule has 0 bridgehead atoms. The maximum atomic E-state index is 12.5. The molecule has 0 radical (unpaired) electrons. The van der Waals surface area contributed by atoms with Gasteiger partial charge in [-0.3, -0.25) is 9.59 Å². The molecule has 0 heterocycles. The van der Waals surface area contributed by atoms with Crippen LogP contribution in [0, 0.1) is 0 Å². The van der Waals surface area contributed by atoms with Crippen molar-refractivity contribution in [3.05, 3.63) is 12.2 Å². The van der Waals surface area contributed by atoms with E-state index in [1.165, 1.54) is 308 Å². The van der Waals surface area contributed by atoms with E-state index >= 15 is 0 Å². The van der Waals surface area contributed by atoms with Crippen molar-refractivity contribution in [1.82, 2.24) is 5.32 Å². The third-order valence-electron chi connectivity index (χ3n) is 16.1. The molecule has 0 rings (SSSR count). The number of carbonyl (C=O) groups is 2. The van der Waals surface area contributed by atoms with Gasteiger partial charge in [0.25, 0.3) is 0 Å². The molecule has 6 nitrogen and oxygen atoms in total. The molecule has 0 aromatic rings. The third kappa shape index (κ3) is 59.8. The van der Waals surface area contributed by atoms with Gasteiger partial charge in [-0.2, -0.15) is 0 Å². The van der Waals surface area contributed by atoms with Crippen LogP contribution in [0.5, 0.6) is 0 Å². The molecular formula is C68H133NO5. The second-order valence-electron chi connectivity index (χ2n) is 23.5. The van der Waals surface area contributed by atoms with E-state index in [4.69, 9.17) is 4.74 Å². The van der Waals surface area contributed by atoms with Crippen LogP contribution in [0.4, 0.5) is 0 Å². The highest BCUT2D eigenvalue weighted by Gasteiger charge is 2.20. The molecule has 440 valence electrons. The fraction of sp³-hybridized carbons (Fsp3) is 0.941. The van der Waals surface area contributed by atoms with Gasteiger partial charge in [0, 0.05) is 12.8 Å². The molecule has 0 aromatic carbocycles. The van der Waals surface area contributed by atoms with Gasteiger partial charge in [0.15, 0.2) is 0 Å². The van der Waals surface area contributed by atoms with Crippen molar-refractivity contribution in [2.24, 2.45) is 0 Å². The average molecular weight is 1040 g/mol. The molecule has 3 N–H and O–H groups in total. The molecule has 0 fully saturated rings. The summed E-state index contributed by atoms with van der Waals surface area (Å²) in [6.07, 6.45) is 78.1. The van der Waals surface area contributed by atoms with Gasteiger partial charge in [-0.05, 0) is 51.4 Å². The molecular weight excluding hydrogens is 911 g/mol. The lowest BCUT2D eigenvalue weighted by atomic mass is 10.0. The Bertz CT molecular complexity index is 1110. The van der Waals surface area contributed by atoms with Crippen LogP contribution in [0.1, 0.15) is 386 Å². The minimum atomic E-state index is -0.663. The Labute approximate surface area is 463 Å². The summed E-state index contributed by atoms with van der Waals surface area (Å²) < 4.78 is 5.49. The second kappa shape index (κ2) is 64.1. The number of nitrogens with one attached hydrogen (secondary N) is 1. The molecule has 6 heteroatoms. The van der Waals surface area contributed by atoms with Crippen LogP contribution >= 0.6 is 0 Å². The van der Waals surface area contributed by atoms with Crippen molar-refractivity contribution in [3.63, 3.8) is 0 Å². The zero-order valence-electron chi connectivity index (χ0n) is 50.4. The van der Waals surface area contributed by atoms with Crippen molar-refractivity contribution >= 4 is 11.9 Å². The molecule has 0 aliphatic rings. The average Bonchev–Trinajstić information content (AvgIpc) is 3.40. The Hall–Kier alpha value is -1.40. The number of ether oxygens (including phenoxy) is 1. The predicted octanol–water partition coefficient (Wildman–Crippen LogP) is 21.6. The quantitative estimate of drug-likeness (QED) is 0.0320. The van der Waals surface area contributed by atoms with Crippen LogP contribution in [0.15, 0.2) is 12.2 Å². The lowest BCUT2D eigenvalue weighted by Gasteiger charge is -2.22. The first kappa shape index (κ1) is 72.6. The van der Waals surface area contributed by atoms with Crippen molar-refractivity contribution in [2.75, 3.05) is 13.2 Å². The Morgan fingerprint density at radius 2 is 0.635 bits per heavy atom. The molecule has 0 aliphatic heterocycles. The first-order valence-electron chi connectivity index (χ1n) is 33.9. The maximum Gasteiger partial charge on any atom is 0.305 e. The molecule has 1 amide bonds. The van der Waals surface area contributed by atoms with Crippen molar-refractivity contribution < 1.29 is 24.5 Å². The lowest BCUT2D eigenvalue weighted by molar-refractivity contribution is -0.143. The van der Waals surface area contributed by atoms with Gasteiger partial charge in [-0.25, -0.2) is 0 Å². The van der Waals surface area contributed by atoms with E-state index in [1.54, 1.807) is 0 Å². The Kier molecular flexibility index (Phi) is 62.9. The number of allylic oxidation sites excluding steroid dienone is 2. The number of carbonyl (C=O) groups excluding carboxylic acids is 2. The number of aliphatic hydroxyl groups is 2. The normalized spacial score (nSPS) is 12.5. The minimum Gasteiger partial charge on any atom is -0.466 e. The van der Waals surface area contributed by atoms with Gasteiger partial charge in [0.1, 0.15) is 0 Å². The summed E-state index contributed by atoms with van der Waals surface area (Å²) in [4.78, 5) is 24.6. The molecule has 0 spiro atoms. The predicted molar refractivity (Wildman–Crippen MR) is 324 cm³/mol.